The number of hydrogen-bond donors (Lipinski definition) is 2. The Balaban J connectivity index is 1.80. The fourth-order valence-electron chi connectivity index (χ4n) is 3.67. The number of benzene rings is 1. The lowest BCUT2D eigenvalue weighted by molar-refractivity contribution is -0.139. The molecule has 1 saturated heterocycles. The van der Waals surface area contributed by atoms with Crippen LogP contribution in [-0.4, -0.2) is 57.3 Å². The second-order valence-corrected chi connectivity index (χ2v) is 6.87. The molecule has 1 fully saturated rings. The number of rotatable bonds is 6. The molecule has 2 heterocycles. The zero-order valence-corrected chi connectivity index (χ0v) is 15.0. The Labute approximate surface area is 157 Å². The van der Waals surface area contributed by atoms with Gasteiger partial charge in [-0.2, -0.15) is 5.10 Å². The molecule has 8 heteroatoms. The van der Waals surface area contributed by atoms with Crippen LogP contribution in [0.1, 0.15) is 38.5 Å². The first kappa shape index (κ1) is 18.9. The summed E-state index contributed by atoms with van der Waals surface area (Å²) >= 11 is 0. The number of carbonyl (C=O) groups excluding carboxylic acids is 1. The van der Waals surface area contributed by atoms with E-state index in [1.54, 1.807) is 29.2 Å². The number of carboxylic acid groups (broad SMARTS) is 2. The first-order valence-electron chi connectivity index (χ1n) is 9.14. The van der Waals surface area contributed by atoms with Crippen molar-refractivity contribution in [2.45, 2.75) is 50.6 Å². The number of likely N-dealkylation sites (tertiary alicyclic amines) is 1. The van der Waals surface area contributed by atoms with Gasteiger partial charge in [0.15, 0.2) is 6.04 Å². The molecule has 2 aliphatic rings. The van der Waals surface area contributed by atoms with E-state index in [9.17, 15) is 19.5 Å². The number of para-hydroxylation sites is 1. The second-order valence-electron chi connectivity index (χ2n) is 6.87. The van der Waals surface area contributed by atoms with Gasteiger partial charge in [0.1, 0.15) is 5.71 Å². The normalized spacial score (nSPS) is 22.4. The molecular weight excluding hydrogens is 350 g/mol. The molecule has 0 aliphatic carbocycles. The summed E-state index contributed by atoms with van der Waals surface area (Å²) in [5.41, 5.74) is 0.835. The summed E-state index contributed by atoms with van der Waals surface area (Å²) in [7, 11) is 0. The van der Waals surface area contributed by atoms with Gasteiger partial charge >= 0.3 is 11.9 Å². The van der Waals surface area contributed by atoms with Gasteiger partial charge in [0.05, 0.1) is 5.69 Å². The highest BCUT2D eigenvalue weighted by Crippen LogP contribution is 2.27. The first-order chi connectivity index (χ1) is 13.0. The van der Waals surface area contributed by atoms with Crippen LogP contribution in [-0.2, 0) is 14.4 Å². The van der Waals surface area contributed by atoms with E-state index in [1.807, 2.05) is 6.07 Å². The molecule has 0 aromatic heterocycles. The van der Waals surface area contributed by atoms with Crippen molar-refractivity contribution in [3.63, 3.8) is 0 Å². The predicted molar refractivity (Wildman–Crippen MR) is 98.6 cm³/mol. The molecular formula is C19H23N3O5. The lowest BCUT2D eigenvalue weighted by atomic mass is 9.96. The first-order valence-corrected chi connectivity index (χ1v) is 9.14. The van der Waals surface area contributed by atoms with E-state index < -0.39 is 18.0 Å². The van der Waals surface area contributed by atoms with E-state index in [4.69, 9.17) is 5.11 Å². The molecule has 2 N–H and O–H groups in total. The van der Waals surface area contributed by atoms with Gasteiger partial charge in [0.2, 0.25) is 0 Å². The number of aliphatic carboxylic acids is 2. The Kier molecular flexibility index (Phi) is 5.73. The lowest BCUT2D eigenvalue weighted by Gasteiger charge is -2.35. The van der Waals surface area contributed by atoms with Crippen LogP contribution in [0.5, 0.6) is 0 Å². The molecule has 0 radical (unpaired) electrons. The van der Waals surface area contributed by atoms with Crippen LogP contribution in [0.4, 0.5) is 5.69 Å². The van der Waals surface area contributed by atoms with Gasteiger partial charge in [0.25, 0.3) is 5.91 Å². The molecule has 8 nitrogen and oxygen atoms in total. The van der Waals surface area contributed by atoms with Gasteiger partial charge in [-0.25, -0.2) is 4.79 Å². The van der Waals surface area contributed by atoms with Crippen LogP contribution < -0.4 is 5.01 Å². The minimum atomic E-state index is -1.04. The molecule has 2 aliphatic heterocycles. The fraction of sp³-hybridized carbons (Fsp3) is 0.474. The largest absolute Gasteiger partial charge is 0.481 e. The van der Waals surface area contributed by atoms with Crippen LogP contribution in [0, 0.1) is 0 Å². The molecule has 1 aromatic carbocycles. The average Bonchev–Trinajstić information content (AvgIpc) is 3.12. The van der Waals surface area contributed by atoms with E-state index in [1.165, 1.54) is 5.01 Å². The number of amides is 1. The molecule has 27 heavy (non-hydrogen) atoms. The Bertz CT molecular complexity index is 749. The van der Waals surface area contributed by atoms with Crippen molar-refractivity contribution in [1.82, 2.24) is 4.90 Å². The zero-order chi connectivity index (χ0) is 19.4. The maximum Gasteiger partial charge on any atom is 0.328 e. The number of piperidine rings is 1. The van der Waals surface area contributed by atoms with Gasteiger partial charge in [-0.1, -0.05) is 18.2 Å². The molecule has 1 aromatic rings. The quantitative estimate of drug-likeness (QED) is 0.789. The lowest BCUT2D eigenvalue weighted by Crippen LogP contribution is -2.47. The molecule has 2 atom stereocenters. The number of anilines is 1. The summed E-state index contributed by atoms with van der Waals surface area (Å²) < 4.78 is 0. The molecule has 1 amide bonds. The van der Waals surface area contributed by atoms with Crippen molar-refractivity contribution in [1.29, 1.82) is 0 Å². The second kappa shape index (κ2) is 8.20. The van der Waals surface area contributed by atoms with Gasteiger partial charge in [-0.15, -0.1) is 0 Å². The Morgan fingerprint density at radius 2 is 1.85 bits per heavy atom. The Hall–Kier alpha value is -2.90. The van der Waals surface area contributed by atoms with Gasteiger partial charge in [-0.3, -0.25) is 14.6 Å². The highest BCUT2D eigenvalue weighted by molar-refractivity contribution is 6.40. The smallest absolute Gasteiger partial charge is 0.328 e. The predicted octanol–water partition coefficient (Wildman–Crippen LogP) is 1.95. The van der Waals surface area contributed by atoms with Crippen LogP contribution in [0.2, 0.25) is 0 Å². The Morgan fingerprint density at radius 1 is 1.11 bits per heavy atom. The molecule has 0 saturated carbocycles. The third-order valence-electron chi connectivity index (χ3n) is 5.04. The van der Waals surface area contributed by atoms with Gasteiger partial charge < -0.3 is 15.1 Å². The highest BCUT2D eigenvalue weighted by Gasteiger charge is 2.39. The van der Waals surface area contributed by atoms with Crippen molar-refractivity contribution < 1.29 is 24.6 Å². The maximum atomic E-state index is 13.0. The van der Waals surface area contributed by atoms with E-state index >= 15 is 0 Å². The summed E-state index contributed by atoms with van der Waals surface area (Å²) in [6.45, 7) is 0.547. The minimum Gasteiger partial charge on any atom is -0.481 e. The van der Waals surface area contributed by atoms with Crippen molar-refractivity contribution in [2.75, 3.05) is 11.6 Å². The van der Waals surface area contributed by atoms with Crippen LogP contribution in [0.15, 0.2) is 35.4 Å². The summed E-state index contributed by atoms with van der Waals surface area (Å²) in [6, 6.07) is 7.85. The van der Waals surface area contributed by atoms with Crippen molar-refractivity contribution in [3.8, 4) is 0 Å². The van der Waals surface area contributed by atoms with Crippen molar-refractivity contribution >= 4 is 29.2 Å². The Morgan fingerprint density at radius 3 is 2.52 bits per heavy atom. The summed E-state index contributed by atoms with van der Waals surface area (Å²) in [5.74, 6) is -2.20. The number of hydrogen-bond acceptors (Lipinski definition) is 5. The van der Waals surface area contributed by atoms with E-state index in [0.717, 1.165) is 19.3 Å². The highest BCUT2D eigenvalue weighted by atomic mass is 16.4. The van der Waals surface area contributed by atoms with E-state index in [2.05, 4.69) is 5.10 Å². The van der Waals surface area contributed by atoms with Gasteiger partial charge in [0, 0.05) is 25.4 Å². The number of carbonyl (C=O) groups is 3. The van der Waals surface area contributed by atoms with Crippen LogP contribution >= 0.6 is 0 Å². The maximum absolute atomic E-state index is 13.0. The van der Waals surface area contributed by atoms with Crippen molar-refractivity contribution in [3.05, 3.63) is 30.3 Å². The topological polar surface area (TPSA) is 111 Å². The molecule has 3 rings (SSSR count). The zero-order valence-electron chi connectivity index (χ0n) is 15.0. The summed E-state index contributed by atoms with van der Waals surface area (Å²) in [6.07, 6.45) is 3.01. The van der Waals surface area contributed by atoms with E-state index in [0.29, 0.717) is 18.7 Å². The SMILES string of the molecule is O=C(O)CCC1CCCCN1C(=O)C1=NN(c2ccccc2)C(C(=O)O)C1. The van der Waals surface area contributed by atoms with Crippen molar-refractivity contribution in [2.24, 2.45) is 5.10 Å². The number of carboxylic acids is 2. The average molecular weight is 373 g/mol. The monoisotopic (exact) mass is 373 g/mol. The molecule has 0 spiro atoms. The number of nitrogens with zero attached hydrogens (tertiary/aromatic N) is 3. The summed E-state index contributed by atoms with van der Waals surface area (Å²) in [4.78, 5) is 37.3. The van der Waals surface area contributed by atoms with Crippen LogP contribution in [0.25, 0.3) is 0 Å². The third kappa shape index (κ3) is 4.27. The van der Waals surface area contributed by atoms with Gasteiger partial charge in [-0.05, 0) is 37.8 Å². The molecule has 0 bridgehead atoms. The van der Waals surface area contributed by atoms with Crippen LogP contribution in [0.3, 0.4) is 0 Å². The summed E-state index contributed by atoms with van der Waals surface area (Å²) in [5, 5.41) is 24.2. The third-order valence-corrected chi connectivity index (χ3v) is 5.04. The standard InChI is InChI=1S/C19H23N3O5/c23-17(24)10-9-13-6-4-5-11-21(13)18(25)15-12-16(19(26)27)22(20-15)14-7-2-1-3-8-14/h1-3,7-8,13,16H,4-6,9-12H2,(H,23,24)(H,26,27). The fourth-order valence-corrected chi connectivity index (χ4v) is 3.67. The molecule has 144 valence electrons. The molecule has 2 unspecified atom stereocenters. The minimum absolute atomic E-state index is 0.00874. The number of hydrazone groups is 1. The van der Waals surface area contributed by atoms with E-state index in [-0.39, 0.29) is 30.5 Å².